The molecule has 1 aromatic heterocycles. The third kappa shape index (κ3) is 5.18. The highest BCUT2D eigenvalue weighted by atomic mass is 35.5. The summed E-state index contributed by atoms with van der Waals surface area (Å²) in [6.07, 6.45) is 1.31. The first-order valence-corrected chi connectivity index (χ1v) is 14.6. The van der Waals surface area contributed by atoms with Gasteiger partial charge in [-0.3, -0.25) is 14.2 Å². The average molecular weight is 590 g/mol. The molecule has 0 saturated carbocycles. The fourth-order valence-corrected chi connectivity index (χ4v) is 6.26. The second kappa shape index (κ2) is 11.8. The first-order chi connectivity index (χ1) is 20.6. The SMILES string of the molecule is [C-]#[N+]c1c(N2CCN(C(=O)C=C)C[C@@H]2C)c2cc(Cl)c(-c3cc(C#N)ccc3C)cc2n(-c2ccccc2C(C)C)c1=O. The van der Waals surface area contributed by atoms with E-state index in [0.29, 0.717) is 58.1 Å². The number of hydrogen-bond acceptors (Lipinski definition) is 4. The van der Waals surface area contributed by atoms with E-state index in [1.54, 1.807) is 21.6 Å². The number of nitriles is 1. The molecular weight excluding hydrogens is 558 g/mol. The van der Waals surface area contributed by atoms with E-state index in [9.17, 15) is 14.9 Å². The summed E-state index contributed by atoms with van der Waals surface area (Å²) >= 11 is 7.02. The molecule has 5 rings (SSSR count). The van der Waals surface area contributed by atoms with Gasteiger partial charge in [-0.15, -0.1) is 0 Å². The normalized spacial score (nSPS) is 14.9. The topological polar surface area (TPSA) is 73.7 Å². The van der Waals surface area contributed by atoms with Gasteiger partial charge in [0.2, 0.25) is 5.91 Å². The molecule has 0 spiro atoms. The summed E-state index contributed by atoms with van der Waals surface area (Å²) in [5.74, 6) is -0.0313. The van der Waals surface area contributed by atoms with E-state index >= 15 is 0 Å². The van der Waals surface area contributed by atoms with Crippen LogP contribution in [0.15, 0.2) is 72.0 Å². The maximum atomic E-state index is 14.4. The molecule has 4 aromatic rings. The van der Waals surface area contributed by atoms with Gasteiger partial charge in [0.1, 0.15) is 0 Å². The largest absolute Gasteiger partial charge is 0.373 e. The molecule has 0 bridgehead atoms. The van der Waals surface area contributed by atoms with Crippen molar-refractivity contribution in [2.24, 2.45) is 0 Å². The number of anilines is 1. The average Bonchev–Trinajstić information content (AvgIpc) is 3.00. The van der Waals surface area contributed by atoms with E-state index in [2.05, 4.69) is 31.3 Å². The second-order valence-electron chi connectivity index (χ2n) is 11.2. The summed E-state index contributed by atoms with van der Waals surface area (Å²) in [5, 5.41) is 10.7. The van der Waals surface area contributed by atoms with E-state index in [-0.39, 0.29) is 23.6 Å². The second-order valence-corrected chi connectivity index (χ2v) is 11.6. The van der Waals surface area contributed by atoms with Crippen LogP contribution in [0.4, 0.5) is 11.4 Å². The summed E-state index contributed by atoms with van der Waals surface area (Å²) in [6.45, 7) is 21.2. The number of halogens is 1. The highest BCUT2D eigenvalue weighted by Gasteiger charge is 2.31. The van der Waals surface area contributed by atoms with Crippen molar-refractivity contribution in [2.45, 2.75) is 39.7 Å². The van der Waals surface area contributed by atoms with Crippen molar-refractivity contribution in [3.05, 3.63) is 111 Å². The summed E-state index contributed by atoms with van der Waals surface area (Å²) < 4.78 is 1.63. The van der Waals surface area contributed by atoms with Gasteiger partial charge in [-0.1, -0.05) is 56.3 Å². The zero-order chi connectivity index (χ0) is 31.0. The van der Waals surface area contributed by atoms with Crippen molar-refractivity contribution in [2.75, 3.05) is 24.5 Å². The molecule has 0 N–H and O–H groups in total. The summed E-state index contributed by atoms with van der Waals surface area (Å²) in [7, 11) is 0. The lowest BCUT2D eigenvalue weighted by molar-refractivity contribution is -0.126. The van der Waals surface area contributed by atoms with Crippen LogP contribution in [-0.2, 0) is 4.79 Å². The molecule has 2 heterocycles. The summed E-state index contributed by atoms with van der Waals surface area (Å²) in [6, 6.07) is 19.0. The minimum Gasteiger partial charge on any atom is -0.373 e. The lowest BCUT2D eigenvalue weighted by atomic mass is 9.95. The van der Waals surface area contributed by atoms with Crippen LogP contribution in [0.3, 0.4) is 0 Å². The van der Waals surface area contributed by atoms with Crippen LogP contribution >= 0.6 is 11.6 Å². The number of pyridine rings is 1. The number of para-hydroxylation sites is 1. The van der Waals surface area contributed by atoms with E-state index in [4.69, 9.17) is 18.2 Å². The molecule has 1 fully saturated rings. The van der Waals surface area contributed by atoms with Crippen molar-refractivity contribution < 1.29 is 4.79 Å². The van der Waals surface area contributed by atoms with Crippen molar-refractivity contribution in [3.8, 4) is 22.9 Å². The number of piperazine rings is 1. The van der Waals surface area contributed by atoms with E-state index in [0.717, 1.165) is 16.7 Å². The minimum absolute atomic E-state index is 0.00730. The zero-order valence-electron chi connectivity index (χ0n) is 24.7. The van der Waals surface area contributed by atoms with Gasteiger partial charge < -0.3 is 9.80 Å². The van der Waals surface area contributed by atoms with Gasteiger partial charge in [-0.25, -0.2) is 4.85 Å². The van der Waals surface area contributed by atoms with Crippen LogP contribution in [0.25, 0.3) is 32.6 Å². The Labute approximate surface area is 256 Å². The molecule has 216 valence electrons. The van der Waals surface area contributed by atoms with Crippen LogP contribution in [0.2, 0.25) is 5.02 Å². The fourth-order valence-electron chi connectivity index (χ4n) is 6.00. The van der Waals surface area contributed by atoms with Crippen molar-refractivity contribution >= 4 is 39.8 Å². The van der Waals surface area contributed by atoms with Crippen molar-refractivity contribution in [1.29, 1.82) is 5.26 Å². The maximum absolute atomic E-state index is 14.4. The Morgan fingerprint density at radius 2 is 1.91 bits per heavy atom. The Bertz CT molecular complexity index is 1930. The number of rotatable bonds is 5. The Morgan fingerprint density at radius 3 is 2.56 bits per heavy atom. The van der Waals surface area contributed by atoms with Crippen LogP contribution < -0.4 is 10.5 Å². The Morgan fingerprint density at radius 1 is 1.16 bits per heavy atom. The van der Waals surface area contributed by atoms with E-state index in [1.165, 1.54) is 6.08 Å². The first kappa shape index (κ1) is 29.6. The highest BCUT2D eigenvalue weighted by Crippen LogP contribution is 2.42. The predicted molar refractivity (Wildman–Crippen MR) is 173 cm³/mol. The monoisotopic (exact) mass is 589 g/mol. The van der Waals surface area contributed by atoms with Crippen LogP contribution in [-0.4, -0.2) is 41.1 Å². The van der Waals surface area contributed by atoms with Crippen LogP contribution in [0, 0.1) is 24.8 Å². The number of carbonyl (C=O) groups excluding carboxylic acids is 1. The van der Waals surface area contributed by atoms with Gasteiger partial charge in [-0.05, 0) is 72.9 Å². The predicted octanol–water partition coefficient (Wildman–Crippen LogP) is 7.39. The molecule has 0 radical (unpaired) electrons. The van der Waals surface area contributed by atoms with Gasteiger partial charge in [0, 0.05) is 41.6 Å². The number of amides is 1. The van der Waals surface area contributed by atoms with E-state index in [1.807, 2.05) is 61.2 Å². The van der Waals surface area contributed by atoms with Gasteiger partial charge >= 0.3 is 0 Å². The molecule has 0 unspecified atom stereocenters. The fraction of sp³-hybridized carbons (Fsp3) is 0.257. The first-order valence-electron chi connectivity index (χ1n) is 14.2. The lowest BCUT2D eigenvalue weighted by Gasteiger charge is -2.42. The van der Waals surface area contributed by atoms with Gasteiger partial charge in [0.25, 0.3) is 11.2 Å². The molecular formula is C35H32ClN5O2. The molecule has 7 nitrogen and oxygen atoms in total. The quantitative estimate of drug-likeness (QED) is 0.180. The number of fused-ring (bicyclic) bond motifs is 1. The van der Waals surface area contributed by atoms with Gasteiger partial charge in [0.15, 0.2) is 0 Å². The number of aryl methyl sites for hydroxylation is 1. The molecule has 0 aliphatic carbocycles. The van der Waals surface area contributed by atoms with Gasteiger partial charge in [-0.2, -0.15) is 5.26 Å². The molecule has 43 heavy (non-hydrogen) atoms. The molecule has 1 saturated heterocycles. The summed E-state index contributed by atoms with van der Waals surface area (Å²) in [5.41, 5.74) is 5.31. The molecule has 8 heteroatoms. The Balaban J connectivity index is 1.88. The number of carbonyl (C=O) groups is 1. The molecule has 1 amide bonds. The zero-order valence-corrected chi connectivity index (χ0v) is 25.4. The van der Waals surface area contributed by atoms with Crippen molar-refractivity contribution in [3.63, 3.8) is 0 Å². The minimum atomic E-state index is -0.418. The third-order valence-electron chi connectivity index (χ3n) is 8.18. The van der Waals surface area contributed by atoms with Crippen molar-refractivity contribution in [1.82, 2.24) is 9.47 Å². The summed E-state index contributed by atoms with van der Waals surface area (Å²) in [4.78, 5) is 34.4. The number of benzene rings is 3. The standard InChI is InChI=1S/C35H32ClN5O2/c1-7-32(42)39-14-15-40(23(5)20-39)34-28-17-29(36)27(26-16-24(19-37)13-12-22(26)4)18-31(28)41(35(43)33(34)38-6)30-11-9-8-10-25(30)21(2)3/h7-13,16-18,21,23H,1,14-15,20H2,2-5H3/t23-/m0/s1. The van der Waals surface area contributed by atoms with Crippen LogP contribution in [0.5, 0.6) is 0 Å². The Kier molecular flexibility index (Phi) is 8.13. The number of hydrogen-bond donors (Lipinski definition) is 0. The lowest BCUT2D eigenvalue weighted by Crippen LogP contribution is -2.53. The molecule has 1 aliphatic rings. The number of aromatic nitrogens is 1. The van der Waals surface area contributed by atoms with E-state index < -0.39 is 5.56 Å². The number of nitrogens with zero attached hydrogens (tertiary/aromatic N) is 5. The van der Waals surface area contributed by atoms with Crippen LogP contribution in [0.1, 0.15) is 43.4 Å². The maximum Gasteiger partial charge on any atom is 0.274 e. The molecule has 1 atom stereocenters. The smallest absolute Gasteiger partial charge is 0.274 e. The Hall–Kier alpha value is -4.85. The third-order valence-corrected chi connectivity index (χ3v) is 8.49. The van der Waals surface area contributed by atoms with Gasteiger partial charge in [0.05, 0.1) is 35.1 Å². The highest BCUT2D eigenvalue weighted by molar-refractivity contribution is 6.34. The molecule has 1 aliphatic heterocycles. The molecule has 3 aromatic carbocycles.